The summed E-state index contributed by atoms with van der Waals surface area (Å²) in [6, 6.07) is 1.66. The molecule has 4 heterocycles. The standard InChI is InChI=1S/C17H21N5OS/c1-2-21-11-14(10-18-21)13-3-5-20(6-4-13)12-15-9-16(23)22-7-8-24-17(22)19-15/h7-11,13H,2-6,12H2,1H3. The maximum atomic E-state index is 12.1. The highest BCUT2D eigenvalue weighted by molar-refractivity contribution is 7.15. The van der Waals surface area contributed by atoms with E-state index < -0.39 is 0 Å². The second-order valence-electron chi connectivity index (χ2n) is 6.32. The number of nitrogens with zero attached hydrogens (tertiary/aromatic N) is 5. The Kier molecular flexibility index (Phi) is 4.20. The molecule has 1 fully saturated rings. The van der Waals surface area contributed by atoms with Gasteiger partial charge in [-0.2, -0.15) is 5.10 Å². The third kappa shape index (κ3) is 3.01. The second-order valence-corrected chi connectivity index (χ2v) is 7.19. The lowest BCUT2D eigenvalue weighted by molar-refractivity contribution is 0.202. The van der Waals surface area contributed by atoms with E-state index in [1.54, 1.807) is 16.7 Å². The highest BCUT2D eigenvalue weighted by Crippen LogP contribution is 2.28. The Morgan fingerprint density at radius 1 is 1.33 bits per heavy atom. The van der Waals surface area contributed by atoms with Crippen molar-refractivity contribution in [2.75, 3.05) is 13.1 Å². The summed E-state index contributed by atoms with van der Waals surface area (Å²) in [5, 5.41) is 6.29. The van der Waals surface area contributed by atoms with Gasteiger partial charge in [0.1, 0.15) is 0 Å². The molecule has 0 N–H and O–H groups in total. The zero-order valence-electron chi connectivity index (χ0n) is 13.8. The summed E-state index contributed by atoms with van der Waals surface area (Å²) in [5.74, 6) is 0.597. The molecule has 3 aromatic heterocycles. The average Bonchev–Trinajstić information content (AvgIpc) is 3.24. The molecular formula is C17H21N5OS. The second kappa shape index (κ2) is 6.49. The summed E-state index contributed by atoms with van der Waals surface area (Å²) >= 11 is 1.50. The SMILES string of the molecule is CCn1cc(C2CCN(Cc3cc(=O)n4ccsc4n3)CC2)cn1. The van der Waals surface area contributed by atoms with Crippen molar-refractivity contribution in [1.29, 1.82) is 0 Å². The minimum Gasteiger partial charge on any atom is -0.297 e. The molecule has 0 radical (unpaired) electrons. The predicted molar refractivity (Wildman–Crippen MR) is 94.5 cm³/mol. The van der Waals surface area contributed by atoms with Crippen molar-refractivity contribution >= 4 is 16.3 Å². The summed E-state index contributed by atoms with van der Waals surface area (Å²) < 4.78 is 3.60. The van der Waals surface area contributed by atoms with Crippen molar-refractivity contribution in [2.45, 2.75) is 38.8 Å². The van der Waals surface area contributed by atoms with Crippen LogP contribution in [0.15, 0.2) is 34.8 Å². The quantitative estimate of drug-likeness (QED) is 0.730. The number of piperidine rings is 1. The van der Waals surface area contributed by atoms with Crippen LogP contribution in [0.25, 0.3) is 4.96 Å². The average molecular weight is 343 g/mol. The van der Waals surface area contributed by atoms with Crippen molar-refractivity contribution < 1.29 is 0 Å². The van der Waals surface area contributed by atoms with Gasteiger partial charge in [-0.15, -0.1) is 11.3 Å². The molecule has 126 valence electrons. The fourth-order valence-electron chi connectivity index (χ4n) is 3.39. The molecule has 0 atom stereocenters. The Balaban J connectivity index is 1.41. The summed E-state index contributed by atoms with van der Waals surface area (Å²) in [7, 11) is 0. The molecule has 1 aliphatic rings. The molecule has 0 aliphatic carbocycles. The first-order chi connectivity index (χ1) is 11.7. The van der Waals surface area contributed by atoms with E-state index in [4.69, 9.17) is 0 Å². The summed E-state index contributed by atoms with van der Waals surface area (Å²) in [4.78, 5) is 19.9. The van der Waals surface area contributed by atoms with Crippen LogP contribution >= 0.6 is 11.3 Å². The van der Waals surface area contributed by atoms with Gasteiger partial charge in [0.25, 0.3) is 5.56 Å². The van der Waals surface area contributed by atoms with Gasteiger partial charge in [-0.3, -0.25) is 18.8 Å². The lowest BCUT2D eigenvalue weighted by atomic mass is 9.91. The summed E-state index contributed by atoms with van der Waals surface area (Å²) in [6.07, 6.45) is 8.23. The Bertz CT molecular complexity index is 888. The highest BCUT2D eigenvalue weighted by Gasteiger charge is 2.22. The lowest BCUT2D eigenvalue weighted by Crippen LogP contribution is -2.33. The van der Waals surface area contributed by atoms with Crippen LogP contribution in [0.4, 0.5) is 0 Å². The van der Waals surface area contributed by atoms with Gasteiger partial charge in [-0.05, 0) is 44.3 Å². The Labute approximate surface area is 144 Å². The first-order valence-electron chi connectivity index (χ1n) is 8.43. The van der Waals surface area contributed by atoms with Crippen molar-refractivity contribution in [3.05, 3.63) is 51.6 Å². The highest BCUT2D eigenvalue weighted by atomic mass is 32.1. The molecule has 0 unspecified atom stereocenters. The van der Waals surface area contributed by atoms with E-state index in [-0.39, 0.29) is 5.56 Å². The Morgan fingerprint density at radius 3 is 2.92 bits per heavy atom. The number of likely N-dealkylation sites (tertiary alicyclic amines) is 1. The van der Waals surface area contributed by atoms with Crippen LogP contribution in [0.3, 0.4) is 0 Å². The number of rotatable bonds is 4. The normalized spacial score (nSPS) is 16.9. The molecule has 3 aromatic rings. The van der Waals surface area contributed by atoms with Gasteiger partial charge in [0.15, 0.2) is 4.96 Å². The number of thiazole rings is 1. The number of aryl methyl sites for hydroxylation is 1. The largest absolute Gasteiger partial charge is 0.297 e. The van der Waals surface area contributed by atoms with Gasteiger partial charge in [0.2, 0.25) is 0 Å². The maximum Gasteiger partial charge on any atom is 0.258 e. The van der Waals surface area contributed by atoms with Crippen LogP contribution in [-0.4, -0.2) is 37.2 Å². The smallest absolute Gasteiger partial charge is 0.258 e. The molecule has 0 amide bonds. The van der Waals surface area contributed by atoms with E-state index in [0.29, 0.717) is 5.92 Å². The molecular weight excluding hydrogens is 322 g/mol. The summed E-state index contributed by atoms with van der Waals surface area (Å²) in [5.41, 5.74) is 2.24. The third-order valence-electron chi connectivity index (χ3n) is 4.78. The van der Waals surface area contributed by atoms with Crippen LogP contribution in [0.2, 0.25) is 0 Å². The van der Waals surface area contributed by atoms with Gasteiger partial charge in [-0.25, -0.2) is 4.98 Å². The third-order valence-corrected chi connectivity index (χ3v) is 5.53. The minimum absolute atomic E-state index is 0.0121. The number of aromatic nitrogens is 4. The van der Waals surface area contributed by atoms with E-state index in [0.717, 1.165) is 49.7 Å². The molecule has 0 spiro atoms. The minimum atomic E-state index is 0.0121. The van der Waals surface area contributed by atoms with Gasteiger partial charge < -0.3 is 0 Å². The molecule has 6 nitrogen and oxygen atoms in total. The molecule has 1 aliphatic heterocycles. The van der Waals surface area contributed by atoms with Gasteiger partial charge in [0, 0.05) is 36.9 Å². The van der Waals surface area contributed by atoms with Crippen molar-refractivity contribution in [2.24, 2.45) is 0 Å². The van der Waals surface area contributed by atoms with Crippen LogP contribution in [0, 0.1) is 0 Å². The number of hydrogen-bond acceptors (Lipinski definition) is 5. The van der Waals surface area contributed by atoms with E-state index >= 15 is 0 Å². The molecule has 24 heavy (non-hydrogen) atoms. The molecule has 0 bridgehead atoms. The number of fused-ring (bicyclic) bond motifs is 1. The van der Waals surface area contributed by atoms with E-state index in [9.17, 15) is 4.79 Å². The maximum absolute atomic E-state index is 12.1. The van der Waals surface area contributed by atoms with E-state index in [2.05, 4.69) is 28.1 Å². The topological polar surface area (TPSA) is 55.4 Å². The van der Waals surface area contributed by atoms with E-state index in [1.165, 1.54) is 16.9 Å². The van der Waals surface area contributed by atoms with Crippen molar-refractivity contribution in [1.82, 2.24) is 24.1 Å². The number of hydrogen-bond donors (Lipinski definition) is 0. The molecule has 0 aromatic carbocycles. The molecule has 1 saturated heterocycles. The predicted octanol–water partition coefficient (Wildman–Crippen LogP) is 2.35. The van der Waals surface area contributed by atoms with Crippen LogP contribution in [0.5, 0.6) is 0 Å². The Hall–Kier alpha value is -1.99. The molecule has 0 saturated carbocycles. The van der Waals surface area contributed by atoms with Gasteiger partial charge in [-0.1, -0.05) is 0 Å². The van der Waals surface area contributed by atoms with Crippen molar-refractivity contribution in [3.63, 3.8) is 0 Å². The molecule has 4 rings (SSSR count). The first-order valence-corrected chi connectivity index (χ1v) is 9.31. The Morgan fingerprint density at radius 2 is 2.17 bits per heavy atom. The van der Waals surface area contributed by atoms with E-state index in [1.807, 2.05) is 16.3 Å². The first kappa shape index (κ1) is 15.5. The fraction of sp³-hybridized carbons (Fsp3) is 0.471. The fourth-order valence-corrected chi connectivity index (χ4v) is 4.12. The van der Waals surface area contributed by atoms with Crippen LogP contribution in [-0.2, 0) is 13.1 Å². The van der Waals surface area contributed by atoms with Crippen molar-refractivity contribution in [3.8, 4) is 0 Å². The monoisotopic (exact) mass is 343 g/mol. The lowest BCUT2D eigenvalue weighted by Gasteiger charge is -2.31. The zero-order valence-corrected chi connectivity index (χ0v) is 14.6. The van der Waals surface area contributed by atoms with Crippen LogP contribution in [0.1, 0.15) is 36.9 Å². The molecule has 7 heteroatoms. The van der Waals surface area contributed by atoms with Gasteiger partial charge >= 0.3 is 0 Å². The van der Waals surface area contributed by atoms with Gasteiger partial charge in [0.05, 0.1) is 11.9 Å². The summed E-state index contributed by atoms with van der Waals surface area (Å²) in [6.45, 7) is 5.86. The van der Waals surface area contributed by atoms with Crippen LogP contribution < -0.4 is 5.56 Å². The zero-order chi connectivity index (χ0) is 16.5.